The summed E-state index contributed by atoms with van der Waals surface area (Å²) in [6.07, 6.45) is 3.79. The van der Waals surface area contributed by atoms with Crippen LogP contribution in [0.5, 0.6) is 0 Å². The van der Waals surface area contributed by atoms with Gasteiger partial charge in [-0.05, 0) is 18.6 Å². The number of nitrogens with two attached hydrogens (primary N) is 1. The molecule has 0 heterocycles. The van der Waals surface area contributed by atoms with Crippen LogP contribution in [0.1, 0.15) is 31.7 Å². The molecular formula is C13H21BrN2. The van der Waals surface area contributed by atoms with Crippen LogP contribution in [0.25, 0.3) is 0 Å². The van der Waals surface area contributed by atoms with Crippen molar-refractivity contribution >= 4 is 21.6 Å². The lowest BCUT2D eigenvalue weighted by atomic mass is 10.1. The second-order valence-electron chi connectivity index (χ2n) is 4.07. The fourth-order valence-corrected chi connectivity index (χ4v) is 2.34. The van der Waals surface area contributed by atoms with E-state index in [0.717, 1.165) is 11.0 Å². The molecule has 0 radical (unpaired) electrons. The van der Waals surface area contributed by atoms with Crippen molar-refractivity contribution in [2.45, 2.75) is 32.7 Å². The van der Waals surface area contributed by atoms with Crippen molar-refractivity contribution in [2.75, 3.05) is 18.5 Å². The highest BCUT2D eigenvalue weighted by Crippen LogP contribution is 2.26. The lowest BCUT2D eigenvalue weighted by Crippen LogP contribution is -2.20. The van der Waals surface area contributed by atoms with Crippen molar-refractivity contribution in [3.05, 3.63) is 28.2 Å². The molecule has 0 saturated heterocycles. The Morgan fingerprint density at radius 1 is 1.31 bits per heavy atom. The van der Waals surface area contributed by atoms with E-state index < -0.39 is 0 Å². The Morgan fingerprint density at radius 2 is 2.06 bits per heavy atom. The number of unbranched alkanes of at least 4 members (excludes halogenated alkanes) is 2. The molecule has 0 bridgehead atoms. The average molecular weight is 285 g/mol. The van der Waals surface area contributed by atoms with Crippen LogP contribution in [-0.4, -0.2) is 13.6 Å². The summed E-state index contributed by atoms with van der Waals surface area (Å²) in [5, 5.41) is 0. The van der Waals surface area contributed by atoms with E-state index in [1.165, 1.54) is 30.5 Å². The van der Waals surface area contributed by atoms with Crippen molar-refractivity contribution in [3.63, 3.8) is 0 Å². The van der Waals surface area contributed by atoms with Crippen LogP contribution in [0, 0.1) is 0 Å². The van der Waals surface area contributed by atoms with Crippen LogP contribution < -0.4 is 10.6 Å². The molecule has 1 aromatic rings. The molecule has 0 fully saturated rings. The number of rotatable bonds is 6. The Hall–Kier alpha value is -0.540. The smallest absolute Gasteiger partial charge is 0.0420 e. The molecule has 0 aliphatic carbocycles. The van der Waals surface area contributed by atoms with Gasteiger partial charge in [0.15, 0.2) is 0 Å². The van der Waals surface area contributed by atoms with Crippen LogP contribution in [0.2, 0.25) is 0 Å². The molecular weight excluding hydrogens is 264 g/mol. The summed E-state index contributed by atoms with van der Waals surface area (Å²) in [7, 11) is 2.14. The predicted molar refractivity (Wildman–Crippen MR) is 74.8 cm³/mol. The molecule has 2 nitrogen and oxygen atoms in total. The summed E-state index contributed by atoms with van der Waals surface area (Å²) in [6.45, 7) is 3.90. The molecule has 90 valence electrons. The van der Waals surface area contributed by atoms with Gasteiger partial charge in [0.05, 0.1) is 0 Å². The van der Waals surface area contributed by atoms with E-state index in [2.05, 4.69) is 46.9 Å². The first-order chi connectivity index (χ1) is 7.70. The summed E-state index contributed by atoms with van der Waals surface area (Å²) in [5.41, 5.74) is 8.23. The molecule has 2 N–H and O–H groups in total. The van der Waals surface area contributed by atoms with Crippen molar-refractivity contribution in [3.8, 4) is 0 Å². The number of halogens is 1. The van der Waals surface area contributed by atoms with Gasteiger partial charge in [-0.1, -0.05) is 41.8 Å². The Balaban J connectivity index is 2.74. The summed E-state index contributed by atoms with van der Waals surface area (Å²) < 4.78 is 1.11. The first-order valence-electron chi connectivity index (χ1n) is 5.89. The van der Waals surface area contributed by atoms with Gasteiger partial charge in [0, 0.05) is 35.9 Å². The van der Waals surface area contributed by atoms with Gasteiger partial charge in [0.25, 0.3) is 0 Å². The second kappa shape index (κ2) is 6.92. The fraction of sp³-hybridized carbons (Fsp3) is 0.538. The number of hydrogen-bond acceptors (Lipinski definition) is 2. The maximum absolute atomic E-state index is 5.79. The monoisotopic (exact) mass is 284 g/mol. The third-order valence-corrected chi connectivity index (χ3v) is 3.55. The van der Waals surface area contributed by atoms with Crippen molar-refractivity contribution < 1.29 is 0 Å². The van der Waals surface area contributed by atoms with Gasteiger partial charge in [-0.2, -0.15) is 0 Å². The number of hydrogen-bond donors (Lipinski definition) is 1. The van der Waals surface area contributed by atoms with Crippen molar-refractivity contribution in [1.29, 1.82) is 0 Å². The lowest BCUT2D eigenvalue weighted by molar-refractivity contribution is 0.703. The minimum Gasteiger partial charge on any atom is -0.374 e. The molecule has 1 rings (SSSR count). The minimum atomic E-state index is 0.578. The predicted octanol–water partition coefficient (Wildman–Crippen LogP) is 3.53. The first-order valence-corrected chi connectivity index (χ1v) is 6.68. The Kier molecular flexibility index (Phi) is 5.85. The number of benzene rings is 1. The van der Waals surface area contributed by atoms with E-state index in [-0.39, 0.29) is 0 Å². The molecule has 0 saturated carbocycles. The zero-order valence-electron chi connectivity index (χ0n) is 10.2. The van der Waals surface area contributed by atoms with E-state index >= 15 is 0 Å². The Morgan fingerprint density at radius 3 is 2.69 bits per heavy atom. The molecule has 0 unspecified atom stereocenters. The van der Waals surface area contributed by atoms with Crippen LogP contribution in [0.4, 0.5) is 5.69 Å². The van der Waals surface area contributed by atoms with Crippen molar-refractivity contribution in [2.24, 2.45) is 5.73 Å². The molecule has 0 aliphatic heterocycles. The van der Waals surface area contributed by atoms with Gasteiger partial charge < -0.3 is 10.6 Å². The largest absolute Gasteiger partial charge is 0.374 e. The molecule has 0 aromatic heterocycles. The SMILES string of the molecule is CCCCCN(C)c1cccc(Br)c1CN. The van der Waals surface area contributed by atoms with E-state index in [1.807, 2.05) is 6.07 Å². The third kappa shape index (κ3) is 3.49. The second-order valence-corrected chi connectivity index (χ2v) is 4.92. The molecule has 0 aliphatic rings. The van der Waals surface area contributed by atoms with E-state index in [0.29, 0.717) is 6.54 Å². The zero-order valence-corrected chi connectivity index (χ0v) is 11.8. The van der Waals surface area contributed by atoms with E-state index in [1.54, 1.807) is 0 Å². The maximum Gasteiger partial charge on any atom is 0.0420 e. The van der Waals surface area contributed by atoms with E-state index in [4.69, 9.17) is 5.73 Å². The lowest BCUT2D eigenvalue weighted by Gasteiger charge is -2.22. The van der Waals surface area contributed by atoms with E-state index in [9.17, 15) is 0 Å². The van der Waals surface area contributed by atoms with Gasteiger partial charge >= 0.3 is 0 Å². The molecule has 0 amide bonds. The topological polar surface area (TPSA) is 29.3 Å². The minimum absolute atomic E-state index is 0.578. The molecule has 0 spiro atoms. The molecule has 16 heavy (non-hydrogen) atoms. The van der Waals surface area contributed by atoms with Gasteiger partial charge in [-0.3, -0.25) is 0 Å². The summed E-state index contributed by atoms with van der Waals surface area (Å²) in [5.74, 6) is 0. The van der Waals surface area contributed by atoms with Gasteiger partial charge in [-0.25, -0.2) is 0 Å². The quantitative estimate of drug-likeness (QED) is 0.810. The summed E-state index contributed by atoms with van der Waals surface area (Å²) >= 11 is 3.55. The highest BCUT2D eigenvalue weighted by atomic mass is 79.9. The summed E-state index contributed by atoms with van der Waals surface area (Å²) in [6, 6.07) is 6.25. The normalized spacial score (nSPS) is 10.5. The maximum atomic E-state index is 5.79. The third-order valence-electron chi connectivity index (χ3n) is 2.81. The van der Waals surface area contributed by atoms with Crippen LogP contribution in [-0.2, 0) is 6.54 Å². The molecule has 3 heteroatoms. The van der Waals surface area contributed by atoms with Crippen LogP contribution in [0.3, 0.4) is 0 Å². The Labute approximate surface area is 107 Å². The Bertz CT molecular complexity index is 326. The first kappa shape index (κ1) is 13.5. The van der Waals surface area contributed by atoms with Gasteiger partial charge in [-0.15, -0.1) is 0 Å². The van der Waals surface area contributed by atoms with Gasteiger partial charge in [0.1, 0.15) is 0 Å². The molecule has 1 aromatic carbocycles. The highest BCUT2D eigenvalue weighted by molar-refractivity contribution is 9.10. The van der Waals surface area contributed by atoms with Crippen LogP contribution >= 0.6 is 15.9 Å². The highest BCUT2D eigenvalue weighted by Gasteiger charge is 2.08. The standard InChI is InChI=1S/C13H21BrN2/c1-3-4-5-9-16(2)13-8-6-7-12(14)11(13)10-15/h6-8H,3-5,9-10,15H2,1-2H3. The number of nitrogens with zero attached hydrogens (tertiary/aromatic N) is 1. The summed E-state index contributed by atoms with van der Waals surface area (Å²) in [4.78, 5) is 2.29. The van der Waals surface area contributed by atoms with Gasteiger partial charge in [0.2, 0.25) is 0 Å². The average Bonchev–Trinajstić information content (AvgIpc) is 2.29. The molecule has 0 atom stereocenters. The van der Waals surface area contributed by atoms with Crippen molar-refractivity contribution in [1.82, 2.24) is 0 Å². The fourth-order valence-electron chi connectivity index (χ4n) is 1.83. The van der Waals surface area contributed by atoms with Crippen LogP contribution in [0.15, 0.2) is 22.7 Å². The zero-order chi connectivity index (χ0) is 12.0. The number of anilines is 1.